The number of hydrogen-bond acceptors (Lipinski definition) is 8. The van der Waals surface area contributed by atoms with Crippen molar-refractivity contribution in [2.45, 2.75) is 50.1 Å². The summed E-state index contributed by atoms with van der Waals surface area (Å²) in [4.78, 5) is 25.1. The molecule has 36 heavy (non-hydrogen) atoms. The average molecular weight is 530 g/mol. The van der Waals surface area contributed by atoms with Gasteiger partial charge in [-0.3, -0.25) is 4.79 Å². The molecule has 2 aromatic rings. The predicted molar refractivity (Wildman–Crippen MR) is 140 cm³/mol. The summed E-state index contributed by atoms with van der Waals surface area (Å²) < 4.78 is 29.9. The van der Waals surface area contributed by atoms with E-state index in [9.17, 15) is 13.2 Å². The van der Waals surface area contributed by atoms with Gasteiger partial charge in [-0.15, -0.1) is 11.3 Å². The van der Waals surface area contributed by atoms with Gasteiger partial charge >= 0.3 is 0 Å². The minimum atomic E-state index is -3.73. The Morgan fingerprint density at radius 3 is 2.83 bits per heavy atom. The molecule has 2 aliphatic heterocycles. The van der Waals surface area contributed by atoms with Gasteiger partial charge in [-0.2, -0.15) is 0 Å². The first-order valence-corrected chi connectivity index (χ1v) is 14.7. The van der Waals surface area contributed by atoms with Gasteiger partial charge in [-0.25, -0.2) is 23.7 Å². The van der Waals surface area contributed by atoms with Crippen LogP contribution in [0.1, 0.15) is 43.2 Å². The Balaban J connectivity index is 1.40. The van der Waals surface area contributed by atoms with Gasteiger partial charge in [-0.1, -0.05) is 11.8 Å². The molecule has 0 bridgehead atoms. The number of rotatable bonds is 7. The number of amides is 1. The number of thiazole rings is 1. The van der Waals surface area contributed by atoms with Crippen LogP contribution in [0.3, 0.4) is 0 Å². The van der Waals surface area contributed by atoms with Gasteiger partial charge in [0.15, 0.2) is 16.1 Å². The predicted octanol–water partition coefficient (Wildman–Crippen LogP) is 2.52. The van der Waals surface area contributed by atoms with Crippen molar-refractivity contribution in [3.05, 3.63) is 28.8 Å². The molecule has 1 amide bonds. The maximum absolute atomic E-state index is 12.9. The van der Waals surface area contributed by atoms with Crippen LogP contribution in [-0.2, 0) is 30.6 Å². The van der Waals surface area contributed by atoms with Crippen LogP contribution in [0.2, 0.25) is 0 Å². The number of aromatic nitrogens is 1. The minimum absolute atomic E-state index is 0.0744. The molecule has 2 atom stereocenters. The zero-order chi connectivity index (χ0) is 25.8. The van der Waals surface area contributed by atoms with Crippen LogP contribution in [0.5, 0.6) is 0 Å². The fraction of sp³-hybridized carbons (Fsp3) is 0.538. The van der Waals surface area contributed by atoms with E-state index in [2.05, 4.69) is 46.1 Å². The van der Waals surface area contributed by atoms with E-state index in [0.29, 0.717) is 25.4 Å². The van der Waals surface area contributed by atoms with E-state index in [0.717, 1.165) is 53.0 Å². The van der Waals surface area contributed by atoms with E-state index in [1.54, 1.807) is 0 Å². The Labute approximate surface area is 216 Å². The highest BCUT2D eigenvalue weighted by Crippen LogP contribution is 2.28. The quantitative estimate of drug-likeness (QED) is 0.435. The highest BCUT2D eigenvalue weighted by Gasteiger charge is 2.44. The van der Waals surface area contributed by atoms with Gasteiger partial charge in [0.05, 0.1) is 15.2 Å². The molecule has 10 heteroatoms. The Morgan fingerprint density at radius 1 is 1.33 bits per heavy atom. The second-order valence-corrected chi connectivity index (χ2v) is 13.1. The summed E-state index contributed by atoms with van der Waals surface area (Å²) >= 11 is 1.47. The molecule has 1 aromatic heterocycles. The molecule has 0 spiro atoms. The Kier molecular flexibility index (Phi) is 8.34. The Bertz CT molecular complexity index is 1340. The molecular weight excluding hydrogens is 498 g/mol. The van der Waals surface area contributed by atoms with E-state index in [1.165, 1.54) is 18.3 Å². The molecule has 2 unspecified atom stereocenters. The number of ether oxygens (including phenoxy) is 1. The highest BCUT2D eigenvalue weighted by molar-refractivity contribution is 7.92. The van der Waals surface area contributed by atoms with Gasteiger partial charge in [0.1, 0.15) is 4.75 Å². The summed E-state index contributed by atoms with van der Waals surface area (Å²) in [6.07, 6.45) is 3.44. The lowest BCUT2D eigenvalue weighted by Gasteiger charge is -2.32. The molecular formula is C26H31N3O5S2. The summed E-state index contributed by atoms with van der Waals surface area (Å²) in [5, 5.41) is 0.753. The Hall–Kier alpha value is -2.47. The van der Waals surface area contributed by atoms with E-state index >= 15 is 0 Å². The van der Waals surface area contributed by atoms with Crippen LogP contribution in [0, 0.1) is 29.6 Å². The third-order valence-electron chi connectivity index (χ3n) is 6.58. The molecule has 2 aliphatic rings. The number of carbonyl (C=O) groups excluding carboxylic acids is 1. The lowest BCUT2D eigenvalue weighted by Crippen LogP contribution is -2.51. The van der Waals surface area contributed by atoms with E-state index in [1.807, 2.05) is 18.2 Å². The molecule has 1 N–H and O–H groups in total. The van der Waals surface area contributed by atoms with Gasteiger partial charge in [0, 0.05) is 50.3 Å². The monoisotopic (exact) mass is 529 g/mol. The molecule has 3 heterocycles. The summed E-state index contributed by atoms with van der Waals surface area (Å²) in [6, 6.07) is 5.76. The number of sulfone groups is 1. The van der Waals surface area contributed by atoms with E-state index < -0.39 is 26.8 Å². The number of nitrogens with one attached hydrogen (secondary N) is 1. The summed E-state index contributed by atoms with van der Waals surface area (Å²) in [5.41, 5.74) is 3.98. The molecule has 8 nitrogen and oxygen atoms in total. The number of aryl methyl sites for hydroxylation is 1. The first-order valence-electron chi connectivity index (χ1n) is 12.0. The second-order valence-electron chi connectivity index (χ2n) is 9.58. The number of hydrogen-bond donors (Lipinski definition) is 1. The first kappa shape index (κ1) is 26.6. The van der Waals surface area contributed by atoms with Gasteiger partial charge in [0.2, 0.25) is 0 Å². The van der Waals surface area contributed by atoms with Gasteiger partial charge in [-0.05, 0) is 63.3 Å². The maximum atomic E-state index is 12.9. The molecule has 1 aromatic carbocycles. The number of fused-ring (bicyclic) bond motifs is 1. The lowest BCUT2D eigenvalue weighted by atomic mass is 10.0. The third kappa shape index (κ3) is 6.44. The molecule has 0 saturated carbocycles. The molecule has 2 fully saturated rings. The van der Waals surface area contributed by atoms with Crippen molar-refractivity contribution < 1.29 is 22.8 Å². The highest BCUT2D eigenvalue weighted by atomic mass is 32.2. The van der Waals surface area contributed by atoms with Crippen LogP contribution < -0.4 is 5.48 Å². The van der Waals surface area contributed by atoms with Crippen molar-refractivity contribution in [1.82, 2.24) is 15.4 Å². The zero-order valence-electron chi connectivity index (χ0n) is 20.8. The molecule has 2 saturated heterocycles. The summed E-state index contributed by atoms with van der Waals surface area (Å²) in [6.45, 7) is 3.96. The number of nitrogens with zero attached hydrogens (tertiary/aromatic N) is 2. The van der Waals surface area contributed by atoms with Crippen LogP contribution in [0.4, 0.5) is 0 Å². The van der Waals surface area contributed by atoms with Crippen molar-refractivity contribution in [3.63, 3.8) is 0 Å². The van der Waals surface area contributed by atoms with Crippen LogP contribution in [-0.4, -0.2) is 68.2 Å². The van der Waals surface area contributed by atoms with E-state index in [-0.39, 0.29) is 6.42 Å². The standard InChI is InChI=1S/C26H31N3O5S2/c1-26(36(3,31)32,25(30)28-34-24-10-6-7-15-33-24)14-13-23-27-21-12-11-19(16-22(21)35-23)8-4-5-9-20-17-29(2)18-20/h11-12,16,20,24H,6-7,10,13-15,17-18H2,1-3H3,(H,28,30). The van der Waals surface area contributed by atoms with Crippen LogP contribution >= 0.6 is 11.3 Å². The largest absolute Gasteiger partial charge is 0.350 e. The lowest BCUT2D eigenvalue weighted by molar-refractivity contribution is -0.201. The Morgan fingerprint density at radius 2 is 2.14 bits per heavy atom. The molecule has 0 radical (unpaired) electrons. The van der Waals surface area contributed by atoms with Crippen LogP contribution in [0.25, 0.3) is 10.2 Å². The SMILES string of the molecule is CN1CC(C#CC#Cc2ccc3nc(CCC(C)(C(=O)NOC4CCCCO4)S(C)(=O)=O)sc3c2)C1. The zero-order valence-corrected chi connectivity index (χ0v) is 22.4. The topological polar surface area (TPSA) is 97.8 Å². The van der Waals surface area contributed by atoms with E-state index in [4.69, 9.17) is 9.57 Å². The van der Waals surface area contributed by atoms with Crippen molar-refractivity contribution in [2.24, 2.45) is 5.92 Å². The molecule has 192 valence electrons. The number of benzene rings is 1. The average Bonchev–Trinajstić information content (AvgIpc) is 3.24. The molecule has 0 aliphatic carbocycles. The number of likely N-dealkylation sites (tertiary alicyclic amines) is 1. The van der Waals surface area contributed by atoms with Crippen molar-refractivity contribution in [3.8, 4) is 23.7 Å². The minimum Gasteiger partial charge on any atom is -0.350 e. The van der Waals surface area contributed by atoms with Crippen LogP contribution in [0.15, 0.2) is 18.2 Å². The van der Waals surface area contributed by atoms with Crippen molar-refractivity contribution in [1.29, 1.82) is 0 Å². The number of hydroxylamine groups is 1. The normalized spacial score (nSPS) is 20.4. The third-order valence-corrected chi connectivity index (χ3v) is 9.68. The maximum Gasteiger partial charge on any atom is 0.264 e. The first-order chi connectivity index (χ1) is 17.1. The molecule has 4 rings (SSSR count). The van der Waals surface area contributed by atoms with Gasteiger partial charge < -0.3 is 9.64 Å². The van der Waals surface area contributed by atoms with Crippen molar-refractivity contribution in [2.75, 3.05) is 33.0 Å². The summed E-state index contributed by atoms with van der Waals surface area (Å²) in [5.74, 6) is 11.8. The second kappa shape index (κ2) is 11.3. The van der Waals surface area contributed by atoms with Crippen molar-refractivity contribution >= 4 is 37.3 Å². The number of carbonyl (C=O) groups is 1. The smallest absolute Gasteiger partial charge is 0.264 e. The summed E-state index contributed by atoms with van der Waals surface area (Å²) in [7, 11) is -1.66. The fourth-order valence-corrected chi connectivity index (χ4v) is 5.89. The fourth-order valence-electron chi connectivity index (χ4n) is 4.03. The van der Waals surface area contributed by atoms with Gasteiger partial charge in [0.25, 0.3) is 5.91 Å².